The van der Waals surface area contributed by atoms with E-state index in [0.29, 0.717) is 4.47 Å². The van der Waals surface area contributed by atoms with E-state index in [0.717, 1.165) is 10.9 Å². The molecule has 0 aliphatic rings. The molecule has 19 heavy (non-hydrogen) atoms. The molecule has 1 aromatic heterocycles. The van der Waals surface area contributed by atoms with Gasteiger partial charge in [0.25, 0.3) is 0 Å². The van der Waals surface area contributed by atoms with Crippen LogP contribution in [-0.2, 0) is 6.54 Å². The third-order valence-electron chi connectivity index (χ3n) is 2.15. The number of nitrogens with one attached hydrogen (secondary N) is 1. The van der Waals surface area contributed by atoms with E-state index in [1.165, 1.54) is 23.5 Å². The summed E-state index contributed by atoms with van der Waals surface area (Å²) in [5.41, 5.74) is 0.143. The Hall–Kier alpha value is -1.47. The van der Waals surface area contributed by atoms with Crippen molar-refractivity contribution in [2.45, 2.75) is 13.2 Å². The van der Waals surface area contributed by atoms with Gasteiger partial charge in [-0.15, -0.1) is 11.3 Å². The molecule has 1 N–H and O–H groups in total. The van der Waals surface area contributed by atoms with Gasteiger partial charge < -0.3 is 10.1 Å². The highest BCUT2D eigenvalue weighted by Gasteiger charge is 2.14. The van der Waals surface area contributed by atoms with Crippen LogP contribution >= 0.6 is 22.9 Å². The minimum Gasteiger partial charge on any atom is -0.429 e. The summed E-state index contributed by atoms with van der Waals surface area (Å²) in [5, 5.41) is 2.80. The van der Waals surface area contributed by atoms with E-state index in [9.17, 15) is 13.2 Å². The van der Waals surface area contributed by atoms with Crippen molar-refractivity contribution in [1.29, 1.82) is 0 Å². The third kappa shape index (κ3) is 3.74. The van der Waals surface area contributed by atoms with Gasteiger partial charge in [0, 0.05) is 11.1 Å². The van der Waals surface area contributed by atoms with Gasteiger partial charge in [-0.25, -0.2) is 9.37 Å². The Bertz CT molecular complexity index is 565. The second-order valence-electron chi connectivity index (χ2n) is 3.43. The lowest BCUT2D eigenvalue weighted by molar-refractivity contribution is -0.0516. The smallest absolute Gasteiger partial charge is 0.387 e. The summed E-state index contributed by atoms with van der Waals surface area (Å²) in [6.07, 6.45) is 1.55. The van der Waals surface area contributed by atoms with Crippen molar-refractivity contribution in [1.82, 2.24) is 4.98 Å². The molecule has 0 spiro atoms. The first-order chi connectivity index (χ1) is 9.06. The maximum Gasteiger partial charge on any atom is 0.387 e. The average molecular weight is 309 g/mol. The van der Waals surface area contributed by atoms with E-state index in [4.69, 9.17) is 11.6 Å². The van der Waals surface area contributed by atoms with Gasteiger partial charge >= 0.3 is 6.61 Å². The van der Waals surface area contributed by atoms with E-state index in [1.54, 1.807) is 6.20 Å². The quantitative estimate of drug-likeness (QED) is 0.901. The molecule has 2 aromatic rings. The van der Waals surface area contributed by atoms with Crippen LogP contribution in [0.3, 0.4) is 0 Å². The number of hydrogen-bond donors (Lipinski definition) is 1. The van der Waals surface area contributed by atoms with Crippen LogP contribution in [0.2, 0.25) is 4.47 Å². The van der Waals surface area contributed by atoms with Gasteiger partial charge in [0.1, 0.15) is 0 Å². The number of aromatic nitrogens is 1. The van der Waals surface area contributed by atoms with Crippen molar-refractivity contribution in [3.8, 4) is 5.75 Å². The van der Waals surface area contributed by atoms with E-state index in [1.807, 2.05) is 0 Å². The topological polar surface area (TPSA) is 34.2 Å². The van der Waals surface area contributed by atoms with Gasteiger partial charge in [-0.05, 0) is 12.1 Å². The molecule has 0 radical (unpaired) electrons. The van der Waals surface area contributed by atoms with Crippen molar-refractivity contribution in [2.24, 2.45) is 0 Å². The zero-order valence-corrected chi connectivity index (χ0v) is 10.9. The van der Waals surface area contributed by atoms with Crippen LogP contribution in [0.1, 0.15) is 4.88 Å². The predicted octanol–water partition coefficient (Wildman–Crippen LogP) is 4.15. The average Bonchev–Trinajstić information content (AvgIpc) is 2.75. The highest BCUT2D eigenvalue weighted by Crippen LogP contribution is 2.30. The number of para-hydroxylation sites is 1. The second kappa shape index (κ2) is 6.12. The predicted molar refractivity (Wildman–Crippen MR) is 67.5 cm³/mol. The molecule has 0 bridgehead atoms. The lowest BCUT2D eigenvalue weighted by Gasteiger charge is -2.12. The summed E-state index contributed by atoms with van der Waals surface area (Å²) in [7, 11) is 0. The largest absolute Gasteiger partial charge is 0.429 e. The Morgan fingerprint density at radius 3 is 2.84 bits per heavy atom. The van der Waals surface area contributed by atoms with Crippen LogP contribution in [0.15, 0.2) is 24.4 Å². The SMILES string of the molecule is Fc1cccc(NCc2cnc(Cl)s2)c1OC(F)F. The fraction of sp³-hybridized carbons (Fsp3) is 0.182. The molecule has 0 atom stereocenters. The molecule has 1 heterocycles. The molecular weight excluding hydrogens is 301 g/mol. The molecule has 1 aromatic carbocycles. The van der Waals surface area contributed by atoms with Crippen molar-refractivity contribution < 1.29 is 17.9 Å². The lowest BCUT2D eigenvalue weighted by atomic mass is 10.2. The number of anilines is 1. The molecular formula is C11H8ClF3N2OS. The molecule has 3 nitrogen and oxygen atoms in total. The zero-order chi connectivity index (χ0) is 13.8. The molecule has 0 amide bonds. The fourth-order valence-corrected chi connectivity index (χ4v) is 2.32. The van der Waals surface area contributed by atoms with Crippen LogP contribution in [0.4, 0.5) is 18.9 Å². The standard InChI is InChI=1S/C11H8ClF3N2OS/c12-10-17-5-6(19-10)4-16-8-3-1-2-7(13)9(8)18-11(14)15/h1-3,5,11,16H,4H2. The summed E-state index contributed by atoms with van der Waals surface area (Å²) in [5.74, 6) is -1.36. The van der Waals surface area contributed by atoms with Crippen LogP contribution in [-0.4, -0.2) is 11.6 Å². The maximum absolute atomic E-state index is 13.4. The minimum absolute atomic E-state index is 0.143. The van der Waals surface area contributed by atoms with Gasteiger partial charge in [-0.2, -0.15) is 8.78 Å². The zero-order valence-electron chi connectivity index (χ0n) is 9.37. The highest BCUT2D eigenvalue weighted by molar-refractivity contribution is 7.15. The molecule has 0 saturated carbocycles. The maximum atomic E-state index is 13.4. The Kier molecular flexibility index (Phi) is 4.49. The van der Waals surface area contributed by atoms with Gasteiger partial charge in [-0.3, -0.25) is 0 Å². The molecule has 0 aliphatic carbocycles. The lowest BCUT2D eigenvalue weighted by Crippen LogP contribution is -2.07. The molecule has 8 heteroatoms. The van der Waals surface area contributed by atoms with Gasteiger partial charge in [-0.1, -0.05) is 17.7 Å². The second-order valence-corrected chi connectivity index (χ2v) is 5.13. The number of hydrogen-bond acceptors (Lipinski definition) is 4. The molecule has 0 saturated heterocycles. The van der Waals surface area contributed by atoms with Crippen LogP contribution < -0.4 is 10.1 Å². The summed E-state index contributed by atoms with van der Waals surface area (Å²) in [6.45, 7) is -2.80. The Balaban J connectivity index is 2.13. The molecule has 102 valence electrons. The minimum atomic E-state index is -3.09. The van der Waals surface area contributed by atoms with Gasteiger partial charge in [0.15, 0.2) is 16.0 Å². The first-order valence-electron chi connectivity index (χ1n) is 5.13. The number of thiazole rings is 1. The number of halogens is 4. The van der Waals surface area contributed by atoms with Crippen molar-refractivity contribution >= 4 is 28.6 Å². The van der Waals surface area contributed by atoms with Crippen LogP contribution in [0.25, 0.3) is 0 Å². The van der Waals surface area contributed by atoms with E-state index < -0.39 is 18.2 Å². The summed E-state index contributed by atoms with van der Waals surface area (Å²) in [4.78, 5) is 4.63. The first-order valence-corrected chi connectivity index (χ1v) is 6.33. The van der Waals surface area contributed by atoms with E-state index >= 15 is 0 Å². The van der Waals surface area contributed by atoms with E-state index in [2.05, 4.69) is 15.0 Å². The molecule has 2 rings (SSSR count). The van der Waals surface area contributed by atoms with Crippen LogP contribution in [0.5, 0.6) is 5.75 Å². The third-order valence-corrected chi connectivity index (χ3v) is 3.27. The Morgan fingerprint density at radius 2 is 2.21 bits per heavy atom. The van der Waals surface area contributed by atoms with Gasteiger partial charge in [0.05, 0.1) is 12.2 Å². The first kappa shape index (κ1) is 14.0. The Morgan fingerprint density at radius 1 is 1.42 bits per heavy atom. The van der Waals surface area contributed by atoms with E-state index in [-0.39, 0.29) is 12.2 Å². The summed E-state index contributed by atoms with van der Waals surface area (Å²) in [6, 6.07) is 3.89. The normalized spacial score (nSPS) is 10.8. The molecule has 0 aliphatic heterocycles. The van der Waals surface area contributed by atoms with Crippen molar-refractivity contribution in [3.05, 3.63) is 39.6 Å². The van der Waals surface area contributed by atoms with Crippen molar-refractivity contribution in [3.63, 3.8) is 0 Å². The number of benzene rings is 1. The number of ether oxygens (including phenoxy) is 1. The fourth-order valence-electron chi connectivity index (χ4n) is 1.40. The van der Waals surface area contributed by atoms with Crippen molar-refractivity contribution in [2.75, 3.05) is 5.32 Å². The highest BCUT2D eigenvalue weighted by atomic mass is 35.5. The molecule has 0 unspecified atom stereocenters. The van der Waals surface area contributed by atoms with Gasteiger partial charge in [0.2, 0.25) is 0 Å². The molecule has 0 fully saturated rings. The number of nitrogens with zero attached hydrogens (tertiary/aromatic N) is 1. The summed E-state index contributed by atoms with van der Waals surface area (Å²) < 4.78 is 42.4. The Labute approximate surface area is 116 Å². The van der Waals surface area contributed by atoms with Crippen LogP contribution in [0, 0.1) is 5.82 Å². The number of rotatable bonds is 5. The monoisotopic (exact) mass is 308 g/mol. The number of alkyl halides is 2. The summed E-state index contributed by atoms with van der Waals surface area (Å²) >= 11 is 6.90.